The number of carbonyl (C=O) groups is 2. The van der Waals surface area contributed by atoms with Gasteiger partial charge < -0.3 is 15.0 Å². The molecule has 35 heavy (non-hydrogen) atoms. The van der Waals surface area contributed by atoms with Crippen LogP contribution < -0.4 is 14.4 Å². The summed E-state index contributed by atoms with van der Waals surface area (Å²) in [5.41, 5.74) is 0.738. The summed E-state index contributed by atoms with van der Waals surface area (Å²) in [7, 11) is -2.54. The molecule has 0 aliphatic heterocycles. The molecule has 2 atom stereocenters. The van der Waals surface area contributed by atoms with Gasteiger partial charge in [-0.25, -0.2) is 8.42 Å². The number of rotatable bonds is 11. The van der Waals surface area contributed by atoms with Crippen molar-refractivity contribution in [3.63, 3.8) is 0 Å². The Hall–Kier alpha value is -2.49. The number of nitrogens with zero attached hydrogens (tertiary/aromatic N) is 2. The first kappa shape index (κ1) is 28.7. The quantitative estimate of drug-likeness (QED) is 0.460. The van der Waals surface area contributed by atoms with Crippen molar-refractivity contribution in [2.24, 2.45) is 0 Å². The highest BCUT2D eigenvalue weighted by Crippen LogP contribution is 2.33. The summed E-state index contributed by atoms with van der Waals surface area (Å²) in [6.07, 6.45) is 1.70. The molecular weight excluding hydrogens is 513 g/mol. The van der Waals surface area contributed by atoms with Gasteiger partial charge in [-0.05, 0) is 50.1 Å². The molecule has 0 radical (unpaired) electrons. The summed E-state index contributed by atoms with van der Waals surface area (Å²) < 4.78 is 31.7. The molecule has 0 aromatic heterocycles. The average Bonchev–Trinajstić information content (AvgIpc) is 2.80. The van der Waals surface area contributed by atoms with Gasteiger partial charge in [0.25, 0.3) is 0 Å². The molecule has 11 heteroatoms. The minimum absolute atomic E-state index is 0.0118. The Morgan fingerprint density at radius 1 is 1.11 bits per heavy atom. The summed E-state index contributed by atoms with van der Waals surface area (Å²) in [6, 6.07) is 10.5. The van der Waals surface area contributed by atoms with Crippen molar-refractivity contribution in [3.05, 3.63) is 58.1 Å². The first-order valence-electron chi connectivity index (χ1n) is 11.0. The molecule has 0 unspecified atom stereocenters. The predicted molar refractivity (Wildman–Crippen MR) is 140 cm³/mol. The number of nitrogens with one attached hydrogen (secondary N) is 1. The molecule has 2 rings (SSSR count). The monoisotopic (exact) mass is 543 g/mol. The summed E-state index contributed by atoms with van der Waals surface area (Å²) in [4.78, 5) is 27.8. The van der Waals surface area contributed by atoms with Gasteiger partial charge in [0.1, 0.15) is 18.3 Å². The number of hydrogen-bond donors (Lipinski definition) is 1. The van der Waals surface area contributed by atoms with Crippen LogP contribution in [-0.2, 0) is 26.2 Å². The van der Waals surface area contributed by atoms with Gasteiger partial charge in [0.05, 0.1) is 19.1 Å². The van der Waals surface area contributed by atoms with Crippen molar-refractivity contribution >= 4 is 50.7 Å². The standard InChI is InChI=1S/C24H31Cl2N3O5S/c1-6-16(2)27-24(31)17(3)28(14-18-9-7-8-10-20(18)26)23(30)15-29(35(5,32)33)21-13-19(25)11-12-22(21)34-4/h7-13,16-17H,6,14-15H2,1-5H3,(H,27,31)/t16-,17+/m0/s1. The second-order valence-corrected chi connectivity index (χ2v) is 10.9. The minimum atomic E-state index is -3.93. The number of ether oxygens (including phenoxy) is 1. The van der Waals surface area contributed by atoms with E-state index in [1.54, 1.807) is 37.3 Å². The first-order valence-corrected chi connectivity index (χ1v) is 13.6. The van der Waals surface area contributed by atoms with Crippen LogP contribution in [0.25, 0.3) is 0 Å². The van der Waals surface area contributed by atoms with Crippen LogP contribution in [0.2, 0.25) is 10.0 Å². The number of sulfonamides is 1. The van der Waals surface area contributed by atoms with E-state index in [1.165, 1.54) is 24.1 Å². The lowest BCUT2D eigenvalue weighted by atomic mass is 10.1. The third kappa shape index (κ3) is 7.75. The average molecular weight is 545 g/mol. The molecule has 2 amide bonds. The summed E-state index contributed by atoms with van der Waals surface area (Å²) >= 11 is 12.4. The Kier molecular flexibility index (Phi) is 10.2. The highest BCUT2D eigenvalue weighted by atomic mass is 35.5. The lowest BCUT2D eigenvalue weighted by Gasteiger charge is -2.32. The van der Waals surface area contributed by atoms with Gasteiger partial charge in [-0.15, -0.1) is 0 Å². The van der Waals surface area contributed by atoms with Crippen LogP contribution in [-0.4, -0.2) is 57.1 Å². The lowest BCUT2D eigenvalue weighted by molar-refractivity contribution is -0.139. The number of halogens is 2. The zero-order valence-electron chi connectivity index (χ0n) is 20.4. The molecule has 0 fully saturated rings. The van der Waals surface area contributed by atoms with E-state index in [0.717, 1.165) is 10.6 Å². The fourth-order valence-corrected chi connectivity index (χ4v) is 4.52. The Bertz CT molecular complexity index is 1160. The highest BCUT2D eigenvalue weighted by molar-refractivity contribution is 7.92. The van der Waals surface area contributed by atoms with Gasteiger partial charge >= 0.3 is 0 Å². The van der Waals surface area contributed by atoms with Crippen LogP contribution in [0, 0.1) is 0 Å². The maximum absolute atomic E-state index is 13.6. The van der Waals surface area contributed by atoms with E-state index in [9.17, 15) is 18.0 Å². The van der Waals surface area contributed by atoms with Crippen molar-refractivity contribution in [2.45, 2.75) is 45.8 Å². The number of amides is 2. The molecule has 1 N–H and O–H groups in total. The van der Waals surface area contributed by atoms with E-state index in [1.807, 2.05) is 13.8 Å². The molecule has 0 aliphatic carbocycles. The van der Waals surface area contributed by atoms with Crippen molar-refractivity contribution in [1.29, 1.82) is 0 Å². The van der Waals surface area contributed by atoms with Crippen molar-refractivity contribution in [1.82, 2.24) is 10.2 Å². The molecule has 0 bridgehead atoms. The Labute approximate surface area is 217 Å². The maximum atomic E-state index is 13.6. The molecule has 0 aliphatic rings. The molecule has 2 aromatic carbocycles. The third-order valence-electron chi connectivity index (χ3n) is 5.56. The van der Waals surface area contributed by atoms with Gasteiger partial charge in [-0.2, -0.15) is 0 Å². The maximum Gasteiger partial charge on any atom is 0.244 e. The molecule has 0 saturated carbocycles. The fourth-order valence-electron chi connectivity index (χ4n) is 3.31. The summed E-state index contributed by atoms with van der Waals surface area (Å²) in [5.74, 6) is -0.719. The molecule has 2 aromatic rings. The van der Waals surface area contributed by atoms with Gasteiger partial charge in [-0.3, -0.25) is 13.9 Å². The molecule has 0 saturated heterocycles. The van der Waals surface area contributed by atoms with Gasteiger partial charge in [-0.1, -0.05) is 48.3 Å². The van der Waals surface area contributed by atoms with Crippen molar-refractivity contribution < 1.29 is 22.7 Å². The molecule has 8 nitrogen and oxygen atoms in total. The topological polar surface area (TPSA) is 96.0 Å². The predicted octanol–water partition coefficient (Wildman–Crippen LogP) is 4.10. The van der Waals surface area contributed by atoms with Crippen LogP contribution in [0.1, 0.15) is 32.8 Å². The zero-order valence-corrected chi connectivity index (χ0v) is 22.7. The van der Waals surface area contributed by atoms with Crippen LogP contribution in [0.5, 0.6) is 5.75 Å². The highest BCUT2D eigenvalue weighted by Gasteiger charge is 2.31. The van der Waals surface area contributed by atoms with Gasteiger partial charge in [0.15, 0.2) is 0 Å². The Morgan fingerprint density at radius 2 is 1.77 bits per heavy atom. The first-order chi connectivity index (χ1) is 16.4. The number of benzene rings is 2. The van der Waals surface area contributed by atoms with Gasteiger partial charge in [0.2, 0.25) is 21.8 Å². The van der Waals surface area contributed by atoms with Crippen LogP contribution >= 0.6 is 23.2 Å². The van der Waals surface area contributed by atoms with E-state index >= 15 is 0 Å². The number of hydrogen-bond acceptors (Lipinski definition) is 5. The van der Waals surface area contributed by atoms with Crippen LogP contribution in [0.4, 0.5) is 5.69 Å². The molecular formula is C24H31Cl2N3O5S. The molecule has 0 heterocycles. The number of carbonyl (C=O) groups excluding carboxylic acids is 2. The van der Waals surface area contributed by atoms with E-state index in [2.05, 4.69) is 5.32 Å². The van der Waals surface area contributed by atoms with Gasteiger partial charge in [0, 0.05) is 22.6 Å². The number of anilines is 1. The second kappa shape index (κ2) is 12.5. The summed E-state index contributed by atoms with van der Waals surface area (Å²) in [6.45, 7) is 4.84. The van der Waals surface area contributed by atoms with E-state index in [0.29, 0.717) is 17.0 Å². The molecule has 192 valence electrons. The smallest absolute Gasteiger partial charge is 0.244 e. The van der Waals surface area contributed by atoms with E-state index in [4.69, 9.17) is 27.9 Å². The number of methoxy groups -OCH3 is 1. The fraction of sp³-hybridized carbons (Fsp3) is 0.417. The minimum Gasteiger partial charge on any atom is -0.495 e. The largest absolute Gasteiger partial charge is 0.495 e. The van der Waals surface area contributed by atoms with Crippen molar-refractivity contribution in [2.75, 3.05) is 24.2 Å². The van der Waals surface area contributed by atoms with Crippen LogP contribution in [0.3, 0.4) is 0 Å². The summed E-state index contributed by atoms with van der Waals surface area (Å²) in [5, 5.41) is 3.57. The van der Waals surface area contributed by atoms with Crippen LogP contribution in [0.15, 0.2) is 42.5 Å². The third-order valence-corrected chi connectivity index (χ3v) is 7.29. The van der Waals surface area contributed by atoms with E-state index in [-0.39, 0.29) is 35.0 Å². The van der Waals surface area contributed by atoms with E-state index < -0.39 is 28.5 Å². The van der Waals surface area contributed by atoms with Crippen molar-refractivity contribution in [3.8, 4) is 5.75 Å². The zero-order chi connectivity index (χ0) is 26.3. The Balaban J connectivity index is 2.47. The second-order valence-electron chi connectivity index (χ2n) is 8.19. The normalized spacial score (nSPS) is 13.0. The molecule has 0 spiro atoms. The lowest BCUT2D eigenvalue weighted by Crippen LogP contribution is -2.52. The SMILES string of the molecule is CC[C@H](C)NC(=O)[C@@H](C)N(Cc1ccccc1Cl)C(=O)CN(c1cc(Cl)ccc1OC)S(C)(=O)=O. The Morgan fingerprint density at radius 3 is 2.34 bits per heavy atom.